The molecule has 0 amide bonds. The van der Waals surface area contributed by atoms with E-state index in [9.17, 15) is 4.79 Å². The fourth-order valence-corrected chi connectivity index (χ4v) is 1.45. The van der Waals surface area contributed by atoms with E-state index in [1.54, 1.807) is 13.1 Å². The molecule has 16 heavy (non-hydrogen) atoms. The predicted octanol–water partition coefficient (Wildman–Crippen LogP) is 1.99. The maximum atomic E-state index is 10.9. The van der Waals surface area contributed by atoms with Crippen molar-refractivity contribution in [2.24, 2.45) is 0 Å². The van der Waals surface area contributed by atoms with E-state index in [1.165, 1.54) is 0 Å². The van der Waals surface area contributed by atoms with Crippen LogP contribution in [0.25, 0.3) is 11.3 Å². The van der Waals surface area contributed by atoms with Crippen molar-refractivity contribution < 1.29 is 4.79 Å². The quantitative estimate of drug-likeness (QED) is 0.848. The minimum absolute atomic E-state index is 0.163. The van der Waals surface area contributed by atoms with Gasteiger partial charge in [-0.05, 0) is 19.1 Å². The summed E-state index contributed by atoms with van der Waals surface area (Å²) >= 11 is 0. The van der Waals surface area contributed by atoms with Gasteiger partial charge in [-0.25, -0.2) is 9.97 Å². The second-order valence-electron chi connectivity index (χ2n) is 3.66. The van der Waals surface area contributed by atoms with E-state index in [4.69, 9.17) is 0 Å². The maximum absolute atomic E-state index is 10.9. The molecule has 0 radical (unpaired) electrons. The molecule has 0 fully saturated rings. The zero-order valence-electron chi connectivity index (χ0n) is 9.10. The number of nitrogens with one attached hydrogen (secondary N) is 1. The van der Waals surface area contributed by atoms with Gasteiger partial charge in [-0.3, -0.25) is 0 Å². The first kappa shape index (κ1) is 10.5. The molecule has 0 aliphatic rings. The first-order valence-corrected chi connectivity index (χ1v) is 5.20. The van der Waals surface area contributed by atoms with Crippen molar-refractivity contribution >= 4 is 5.78 Å². The number of ketones is 1. The van der Waals surface area contributed by atoms with Crippen molar-refractivity contribution in [3.8, 4) is 11.3 Å². The summed E-state index contributed by atoms with van der Waals surface area (Å²) in [5, 5.41) is 0. The van der Waals surface area contributed by atoms with Gasteiger partial charge in [-0.2, -0.15) is 0 Å². The molecular formula is C12H13N3O. The molecule has 2 heterocycles. The molecule has 0 spiro atoms. The highest BCUT2D eigenvalue weighted by atomic mass is 16.1. The summed E-state index contributed by atoms with van der Waals surface area (Å²) in [5.74, 6) is 0.879. The highest BCUT2D eigenvalue weighted by Crippen LogP contribution is 2.15. The molecule has 1 N–H and O–H groups in total. The van der Waals surface area contributed by atoms with Crippen LogP contribution in [0.1, 0.15) is 19.2 Å². The smallest absolute Gasteiger partial charge is 0.130 e. The summed E-state index contributed by atoms with van der Waals surface area (Å²) in [5.41, 5.74) is 1.92. The first-order chi connectivity index (χ1) is 7.75. The van der Waals surface area contributed by atoms with Gasteiger partial charge < -0.3 is 9.78 Å². The van der Waals surface area contributed by atoms with E-state index in [0.717, 1.165) is 11.3 Å². The Hall–Kier alpha value is -1.97. The van der Waals surface area contributed by atoms with Crippen LogP contribution in [-0.4, -0.2) is 20.7 Å². The van der Waals surface area contributed by atoms with Gasteiger partial charge in [0.2, 0.25) is 0 Å². The molecule has 0 unspecified atom stereocenters. The van der Waals surface area contributed by atoms with Crippen molar-refractivity contribution in [1.29, 1.82) is 0 Å². The number of aryl methyl sites for hydroxylation is 1. The van der Waals surface area contributed by atoms with Crippen molar-refractivity contribution in [2.75, 3.05) is 0 Å². The van der Waals surface area contributed by atoms with E-state index >= 15 is 0 Å². The molecule has 0 bridgehead atoms. The highest BCUT2D eigenvalue weighted by molar-refractivity contribution is 5.75. The molecule has 0 aromatic carbocycles. The van der Waals surface area contributed by atoms with Crippen LogP contribution < -0.4 is 0 Å². The average molecular weight is 215 g/mol. The Morgan fingerprint density at radius 2 is 2.31 bits per heavy atom. The van der Waals surface area contributed by atoms with Crippen molar-refractivity contribution in [3.63, 3.8) is 0 Å². The second-order valence-corrected chi connectivity index (χ2v) is 3.66. The topological polar surface area (TPSA) is 58.6 Å². The fourth-order valence-electron chi connectivity index (χ4n) is 1.45. The lowest BCUT2D eigenvalue weighted by molar-refractivity contribution is -0.117. The van der Waals surface area contributed by atoms with Crippen molar-refractivity contribution in [2.45, 2.75) is 19.8 Å². The Morgan fingerprint density at radius 1 is 1.44 bits per heavy atom. The molecule has 0 aliphatic carbocycles. The number of hydrogen-bond acceptors (Lipinski definition) is 3. The van der Waals surface area contributed by atoms with E-state index in [2.05, 4.69) is 15.0 Å². The number of nitrogens with zero attached hydrogens (tertiary/aromatic N) is 2. The molecule has 2 aromatic heterocycles. The van der Waals surface area contributed by atoms with Gasteiger partial charge in [0.1, 0.15) is 11.6 Å². The lowest BCUT2D eigenvalue weighted by Gasteiger charge is -2.00. The van der Waals surface area contributed by atoms with Crippen molar-refractivity contribution in [1.82, 2.24) is 15.0 Å². The Kier molecular flexibility index (Phi) is 3.10. The normalized spacial score (nSPS) is 10.3. The molecule has 0 atom stereocenters. The predicted molar refractivity (Wildman–Crippen MR) is 60.8 cm³/mol. The Bertz CT molecular complexity index is 477. The fraction of sp³-hybridized carbons (Fsp3) is 0.250. The monoisotopic (exact) mass is 215 g/mol. The number of carbonyl (C=O) groups is 1. The number of carbonyl (C=O) groups excluding carboxylic acids is 1. The van der Waals surface area contributed by atoms with Crippen LogP contribution in [0.2, 0.25) is 0 Å². The Labute approximate surface area is 93.8 Å². The standard InChI is InChI=1S/C12H13N3O/c1-9(16)2-3-12-14-7-5-11(15-12)10-4-6-13-8-10/h4-8,13H,2-3H2,1H3. The second kappa shape index (κ2) is 4.70. The number of hydrogen-bond donors (Lipinski definition) is 1. The number of Topliss-reactive ketones (excluding diaryl/α,β-unsaturated/α-hetero) is 1. The third kappa shape index (κ3) is 2.53. The van der Waals surface area contributed by atoms with Gasteiger partial charge >= 0.3 is 0 Å². The molecule has 4 heteroatoms. The molecule has 2 rings (SSSR count). The van der Waals surface area contributed by atoms with E-state index in [1.807, 2.05) is 24.5 Å². The molecule has 2 aromatic rings. The van der Waals surface area contributed by atoms with Gasteiger partial charge in [-0.15, -0.1) is 0 Å². The summed E-state index contributed by atoms with van der Waals surface area (Å²) in [4.78, 5) is 22.4. The highest BCUT2D eigenvalue weighted by Gasteiger charge is 2.03. The third-order valence-corrected chi connectivity index (χ3v) is 2.30. The van der Waals surface area contributed by atoms with Gasteiger partial charge in [0.25, 0.3) is 0 Å². The van der Waals surface area contributed by atoms with Crippen LogP contribution >= 0.6 is 0 Å². The van der Waals surface area contributed by atoms with Crippen LogP contribution in [0.3, 0.4) is 0 Å². The van der Waals surface area contributed by atoms with Gasteiger partial charge in [0.15, 0.2) is 0 Å². The van der Waals surface area contributed by atoms with E-state index in [0.29, 0.717) is 18.7 Å². The van der Waals surface area contributed by atoms with E-state index < -0.39 is 0 Å². The SMILES string of the molecule is CC(=O)CCc1nccc(-c2cc[nH]c2)n1. The molecule has 0 aliphatic heterocycles. The summed E-state index contributed by atoms with van der Waals surface area (Å²) in [6, 6.07) is 3.82. The van der Waals surface area contributed by atoms with Crippen LogP contribution in [0.15, 0.2) is 30.7 Å². The Morgan fingerprint density at radius 3 is 3.00 bits per heavy atom. The molecular weight excluding hydrogens is 202 g/mol. The number of aromatic amines is 1. The first-order valence-electron chi connectivity index (χ1n) is 5.20. The summed E-state index contributed by atoms with van der Waals surface area (Å²) in [6.45, 7) is 1.58. The zero-order valence-corrected chi connectivity index (χ0v) is 9.10. The van der Waals surface area contributed by atoms with Gasteiger partial charge in [-0.1, -0.05) is 0 Å². The lowest BCUT2D eigenvalue weighted by atomic mass is 10.2. The summed E-state index contributed by atoms with van der Waals surface area (Å²) in [6.07, 6.45) is 6.57. The molecule has 0 saturated heterocycles. The zero-order chi connectivity index (χ0) is 11.4. The number of rotatable bonds is 4. The summed E-state index contributed by atoms with van der Waals surface area (Å²) in [7, 11) is 0. The largest absolute Gasteiger partial charge is 0.367 e. The van der Waals surface area contributed by atoms with E-state index in [-0.39, 0.29) is 5.78 Å². The average Bonchev–Trinajstić information content (AvgIpc) is 2.80. The molecule has 4 nitrogen and oxygen atoms in total. The molecule has 0 saturated carbocycles. The van der Waals surface area contributed by atoms with Crippen LogP contribution in [0.5, 0.6) is 0 Å². The van der Waals surface area contributed by atoms with Crippen LogP contribution in [0, 0.1) is 0 Å². The number of aromatic nitrogens is 3. The Balaban J connectivity index is 2.17. The third-order valence-electron chi connectivity index (χ3n) is 2.30. The van der Waals surface area contributed by atoms with Crippen molar-refractivity contribution in [3.05, 3.63) is 36.5 Å². The number of H-pyrrole nitrogens is 1. The van der Waals surface area contributed by atoms with Gasteiger partial charge in [0.05, 0.1) is 5.69 Å². The molecule has 82 valence electrons. The minimum Gasteiger partial charge on any atom is -0.367 e. The lowest BCUT2D eigenvalue weighted by Crippen LogP contribution is -2.00. The maximum Gasteiger partial charge on any atom is 0.130 e. The van der Waals surface area contributed by atoms with Crippen LogP contribution in [-0.2, 0) is 11.2 Å². The van der Waals surface area contributed by atoms with Crippen LogP contribution in [0.4, 0.5) is 0 Å². The summed E-state index contributed by atoms with van der Waals surface area (Å²) < 4.78 is 0. The minimum atomic E-state index is 0.163. The van der Waals surface area contributed by atoms with Gasteiger partial charge in [0, 0.05) is 37.0 Å².